The van der Waals surface area contributed by atoms with Crippen molar-refractivity contribution in [2.24, 2.45) is 34.5 Å². The minimum Gasteiger partial charge on any atom is -0.381 e. The van der Waals surface area contributed by atoms with Crippen LogP contribution in [-0.2, 0) is 4.74 Å². The molecular weight excluding hydrogens is 304 g/mol. The van der Waals surface area contributed by atoms with E-state index in [2.05, 4.69) is 26.8 Å². The van der Waals surface area contributed by atoms with Gasteiger partial charge in [-0.3, -0.25) is 0 Å². The van der Waals surface area contributed by atoms with Gasteiger partial charge in [0.15, 0.2) is 0 Å². The summed E-state index contributed by atoms with van der Waals surface area (Å²) in [5, 5.41) is 0. The van der Waals surface area contributed by atoms with Gasteiger partial charge >= 0.3 is 0 Å². The molecule has 6 atom stereocenters. The molecule has 1 saturated heterocycles. The van der Waals surface area contributed by atoms with Gasteiger partial charge < -0.3 is 4.74 Å². The third kappa shape index (κ3) is 3.73. The van der Waals surface area contributed by atoms with Gasteiger partial charge in [0.2, 0.25) is 0 Å². The Balaban J connectivity index is 0.000000880. The molecule has 144 valence electrons. The first-order chi connectivity index (χ1) is 12.0. The summed E-state index contributed by atoms with van der Waals surface area (Å²) in [6.45, 7) is 13.6. The van der Waals surface area contributed by atoms with Crippen LogP contribution in [0.15, 0.2) is 11.6 Å². The normalized spacial score (nSPS) is 46.8. The average molecular weight is 347 g/mol. The van der Waals surface area contributed by atoms with Crippen LogP contribution in [0.4, 0.5) is 0 Å². The van der Waals surface area contributed by atoms with Crippen molar-refractivity contribution in [3.8, 4) is 0 Å². The summed E-state index contributed by atoms with van der Waals surface area (Å²) in [6, 6.07) is 0. The fourth-order valence-corrected chi connectivity index (χ4v) is 6.73. The Hall–Kier alpha value is -0.300. The van der Waals surface area contributed by atoms with Crippen LogP contribution in [0.1, 0.15) is 92.4 Å². The fraction of sp³-hybridized carbons (Fsp3) is 0.917. The third-order valence-corrected chi connectivity index (χ3v) is 8.16. The van der Waals surface area contributed by atoms with Gasteiger partial charge in [0.05, 0.1) is 6.61 Å². The number of allylic oxidation sites excluding steroid dienone is 2. The zero-order chi connectivity index (χ0) is 18.1. The van der Waals surface area contributed by atoms with Crippen LogP contribution in [0.5, 0.6) is 0 Å². The van der Waals surface area contributed by atoms with Crippen LogP contribution in [0.3, 0.4) is 0 Å². The highest BCUT2D eigenvalue weighted by Crippen LogP contribution is 2.60. The Labute approximate surface area is 157 Å². The second kappa shape index (κ2) is 7.75. The molecule has 1 heteroatoms. The molecule has 0 amide bonds. The summed E-state index contributed by atoms with van der Waals surface area (Å²) in [5.41, 5.74) is 2.81. The molecule has 4 aliphatic rings. The van der Waals surface area contributed by atoms with E-state index in [-0.39, 0.29) is 0 Å². The van der Waals surface area contributed by atoms with Gasteiger partial charge in [-0.2, -0.15) is 0 Å². The summed E-state index contributed by atoms with van der Waals surface area (Å²) in [5.74, 6) is 3.76. The molecule has 0 aromatic rings. The summed E-state index contributed by atoms with van der Waals surface area (Å²) in [7, 11) is 0. The van der Waals surface area contributed by atoms with Crippen molar-refractivity contribution in [3.05, 3.63) is 11.6 Å². The average Bonchev–Trinajstić information content (AvgIpc) is 2.74. The van der Waals surface area contributed by atoms with E-state index in [0.29, 0.717) is 10.8 Å². The second-order valence-electron chi connectivity index (χ2n) is 10.0. The molecule has 3 fully saturated rings. The van der Waals surface area contributed by atoms with Crippen molar-refractivity contribution >= 4 is 0 Å². The van der Waals surface area contributed by atoms with Crippen LogP contribution < -0.4 is 0 Å². The quantitative estimate of drug-likeness (QED) is 0.428. The van der Waals surface area contributed by atoms with Gasteiger partial charge in [-0.25, -0.2) is 0 Å². The van der Waals surface area contributed by atoms with E-state index in [0.717, 1.165) is 36.9 Å². The van der Waals surface area contributed by atoms with E-state index < -0.39 is 0 Å². The molecule has 0 N–H and O–H groups in total. The maximum atomic E-state index is 6.00. The lowest BCUT2D eigenvalue weighted by Gasteiger charge is -2.52. The van der Waals surface area contributed by atoms with E-state index in [1.807, 2.05) is 19.4 Å². The van der Waals surface area contributed by atoms with Gasteiger partial charge in [-0.1, -0.05) is 46.3 Å². The molecule has 0 spiro atoms. The van der Waals surface area contributed by atoms with Gasteiger partial charge in [0.1, 0.15) is 0 Å². The van der Waals surface area contributed by atoms with Gasteiger partial charge in [-0.05, 0) is 92.3 Å². The predicted molar refractivity (Wildman–Crippen MR) is 108 cm³/mol. The maximum absolute atomic E-state index is 6.00. The molecule has 4 rings (SSSR count). The summed E-state index contributed by atoms with van der Waals surface area (Å²) in [6.07, 6.45) is 15.3. The van der Waals surface area contributed by atoms with E-state index in [1.54, 1.807) is 0 Å². The lowest BCUT2D eigenvalue weighted by atomic mass is 9.53. The molecule has 25 heavy (non-hydrogen) atoms. The summed E-state index contributed by atoms with van der Waals surface area (Å²) < 4.78 is 6.00. The fourth-order valence-electron chi connectivity index (χ4n) is 6.73. The van der Waals surface area contributed by atoms with Crippen molar-refractivity contribution in [1.29, 1.82) is 0 Å². The molecule has 0 aromatic carbocycles. The number of fused-ring (bicyclic) bond motifs is 6. The number of ether oxygens (including phenoxy) is 1. The highest BCUT2D eigenvalue weighted by Gasteiger charge is 2.50. The van der Waals surface area contributed by atoms with Crippen molar-refractivity contribution in [2.45, 2.75) is 92.4 Å². The zero-order valence-electron chi connectivity index (χ0n) is 17.6. The third-order valence-electron chi connectivity index (χ3n) is 8.16. The minimum atomic E-state index is 0.445. The molecule has 1 aliphatic heterocycles. The zero-order valence-corrected chi connectivity index (χ0v) is 17.6. The minimum absolute atomic E-state index is 0.445. The highest BCUT2D eigenvalue weighted by atomic mass is 16.5. The van der Waals surface area contributed by atoms with Crippen LogP contribution in [0.25, 0.3) is 0 Å². The molecule has 1 nitrogen and oxygen atoms in total. The Morgan fingerprint density at radius 2 is 1.88 bits per heavy atom. The first-order valence-electron chi connectivity index (χ1n) is 11.3. The predicted octanol–water partition coefficient (Wildman–Crippen LogP) is 7.02. The smallest absolute Gasteiger partial charge is 0.0519 e. The summed E-state index contributed by atoms with van der Waals surface area (Å²) >= 11 is 0. The SMILES string of the molecule is CC.C[C@H]1CCC2(C)C(=CCC3C4CCCOCC(C)(CC[C@@H]32)C4)C1. The first-order valence-corrected chi connectivity index (χ1v) is 11.3. The van der Waals surface area contributed by atoms with Gasteiger partial charge in [0.25, 0.3) is 0 Å². The Bertz CT molecular complexity index is 480. The van der Waals surface area contributed by atoms with Crippen LogP contribution >= 0.6 is 0 Å². The van der Waals surface area contributed by atoms with Gasteiger partial charge in [-0.15, -0.1) is 0 Å². The second-order valence-corrected chi connectivity index (χ2v) is 10.0. The maximum Gasteiger partial charge on any atom is 0.0519 e. The summed E-state index contributed by atoms with van der Waals surface area (Å²) in [4.78, 5) is 0. The molecular formula is C24H42O. The van der Waals surface area contributed by atoms with Crippen molar-refractivity contribution in [2.75, 3.05) is 13.2 Å². The monoisotopic (exact) mass is 346 g/mol. The Kier molecular flexibility index (Phi) is 6.03. The van der Waals surface area contributed by atoms with Crippen LogP contribution in [0.2, 0.25) is 0 Å². The lowest BCUT2D eigenvalue weighted by Crippen LogP contribution is -2.42. The van der Waals surface area contributed by atoms with E-state index >= 15 is 0 Å². The first kappa shape index (κ1) is 19.5. The highest BCUT2D eigenvalue weighted by molar-refractivity contribution is 5.23. The molecule has 2 saturated carbocycles. The van der Waals surface area contributed by atoms with Crippen molar-refractivity contribution in [1.82, 2.24) is 0 Å². The van der Waals surface area contributed by atoms with E-state index in [9.17, 15) is 0 Å². The molecule has 1 heterocycles. The Morgan fingerprint density at radius 3 is 2.68 bits per heavy atom. The van der Waals surface area contributed by atoms with Crippen LogP contribution in [0, 0.1) is 34.5 Å². The standard InChI is InChI=1S/C22H36O.C2H6/c1-16-8-11-22(3)18(13-16)6-7-19-17-5-4-12-23-15-21(2,14-17)10-9-20(19)22;1-2/h6,16-17,19-20H,4-5,7-15H2,1-3H3;1-2H3/t16-,17?,19?,20-,21?,22?;/m0./s1. The largest absolute Gasteiger partial charge is 0.381 e. The van der Waals surface area contributed by atoms with Gasteiger partial charge in [0, 0.05) is 6.61 Å². The molecule has 4 unspecified atom stereocenters. The lowest BCUT2D eigenvalue weighted by molar-refractivity contribution is 0.00917. The number of hydrogen-bond donors (Lipinski definition) is 0. The Morgan fingerprint density at radius 1 is 1.08 bits per heavy atom. The number of rotatable bonds is 0. The van der Waals surface area contributed by atoms with Crippen molar-refractivity contribution in [3.63, 3.8) is 0 Å². The molecule has 0 aromatic heterocycles. The van der Waals surface area contributed by atoms with Crippen LogP contribution in [-0.4, -0.2) is 13.2 Å². The van der Waals surface area contributed by atoms with Crippen molar-refractivity contribution < 1.29 is 4.74 Å². The van der Waals surface area contributed by atoms with E-state index in [4.69, 9.17) is 4.74 Å². The molecule has 3 aliphatic carbocycles. The molecule has 2 bridgehead atoms. The molecule has 0 radical (unpaired) electrons. The van der Waals surface area contributed by atoms with E-state index in [1.165, 1.54) is 57.8 Å². The topological polar surface area (TPSA) is 9.23 Å². The number of hydrogen-bond acceptors (Lipinski definition) is 1.